The van der Waals surface area contributed by atoms with E-state index in [4.69, 9.17) is 4.84 Å². The Balaban J connectivity index is 2.43. The molecule has 0 saturated heterocycles. The largest absolute Gasteiger partial charge is 0.398 e. The summed E-state index contributed by atoms with van der Waals surface area (Å²) in [6.45, 7) is 2.00. The molecular weight excluding hydrogens is 244 g/mol. The van der Waals surface area contributed by atoms with Crippen LogP contribution in [0.2, 0.25) is 0 Å². The summed E-state index contributed by atoms with van der Waals surface area (Å²) in [7, 11) is 1.51. The lowest BCUT2D eigenvalue weighted by atomic mass is 10.0. The summed E-state index contributed by atoms with van der Waals surface area (Å²) in [5.74, 6) is 0. The summed E-state index contributed by atoms with van der Waals surface area (Å²) in [4.78, 5) is 5.63. The molecule has 0 aromatic heterocycles. The van der Waals surface area contributed by atoms with Gasteiger partial charge >= 0.3 is 0 Å². The van der Waals surface area contributed by atoms with Gasteiger partial charge in [-0.1, -0.05) is 41.2 Å². The highest BCUT2D eigenvalue weighted by atomic mass is 32.2. The van der Waals surface area contributed by atoms with E-state index in [9.17, 15) is 5.26 Å². The van der Waals surface area contributed by atoms with E-state index in [-0.39, 0.29) is 0 Å². The van der Waals surface area contributed by atoms with Gasteiger partial charge in [0, 0.05) is 4.91 Å². The van der Waals surface area contributed by atoms with Gasteiger partial charge in [0.2, 0.25) is 0 Å². The van der Waals surface area contributed by atoms with Gasteiger partial charge in [0.25, 0.3) is 0 Å². The fourth-order valence-electron chi connectivity index (χ4n) is 1.70. The summed E-state index contributed by atoms with van der Waals surface area (Å²) in [6.07, 6.45) is 3.74. The number of thioether (sulfide) groups is 1. The Bertz CT molecular complexity index is 594. The maximum Gasteiger partial charge on any atom is 0.140 e. The monoisotopic (exact) mass is 256 g/mol. The fourth-order valence-corrected chi connectivity index (χ4v) is 2.57. The molecule has 0 radical (unpaired) electrons. The van der Waals surface area contributed by atoms with Crippen molar-refractivity contribution in [1.29, 1.82) is 5.26 Å². The second-order valence-corrected chi connectivity index (χ2v) is 4.78. The minimum atomic E-state index is 0.677. The number of nitriles is 1. The fraction of sp³-hybridized carbons (Fsp3) is 0.143. The topological polar surface area (TPSA) is 45.4 Å². The molecule has 0 atom stereocenters. The first-order valence-electron chi connectivity index (χ1n) is 5.43. The molecule has 1 aromatic rings. The summed E-state index contributed by atoms with van der Waals surface area (Å²) in [5.41, 5.74) is 2.73. The molecule has 0 amide bonds. The van der Waals surface area contributed by atoms with Gasteiger partial charge in [0.05, 0.1) is 5.57 Å². The van der Waals surface area contributed by atoms with Crippen molar-refractivity contribution < 1.29 is 4.84 Å². The molecule has 2 rings (SSSR count). The van der Waals surface area contributed by atoms with Gasteiger partial charge < -0.3 is 4.84 Å². The number of allylic oxidation sites excluding steroid dienone is 2. The Morgan fingerprint density at radius 3 is 2.78 bits per heavy atom. The first-order chi connectivity index (χ1) is 8.76. The van der Waals surface area contributed by atoms with E-state index in [2.05, 4.69) is 11.2 Å². The third-order valence-electron chi connectivity index (χ3n) is 2.55. The molecule has 0 N–H and O–H groups in total. The van der Waals surface area contributed by atoms with Crippen molar-refractivity contribution in [3.05, 3.63) is 52.4 Å². The second-order valence-electron chi connectivity index (χ2n) is 3.71. The zero-order valence-electron chi connectivity index (χ0n) is 10.2. The lowest BCUT2D eigenvalue weighted by Gasteiger charge is -2.05. The van der Waals surface area contributed by atoms with Gasteiger partial charge in [0.1, 0.15) is 18.2 Å². The van der Waals surface area contributed by atoms with Crippen molar-refractivity contribution in [2.75, 3.05) is 7.11 Å². The normalized spacial score (nSPS) is 18.8. The van der Waals surface area contributed by atoms with Crippen molar-refractivity contribution >= 4 is 22.4 Å². The zero-order chi connectivity index (χ0) is 13.0. The lowest BCUT2D eigenvalue weighted by Crippen LogP contribution is -1.89. The molecule has 1 aliphatic rings. The van der Waals surface area contributed by atoms with E-state index in [1.165, 1.54) is 18.9 Å². The highest BCUT2D eigenvalue weighted by Crippen LogP contribution is 2.34. The van der Waals surface area contributed by atoms with Crippen molar-refractivity contribution in [2.45, 2.75) is 6.92 Å². The van der Waals surface area contributed by atoms with Crippen LogP contribution >= 0.6 is 11.8 Å². The molecule has 1 aromatic carbocycles. The predicted molar refractivity (Wildman–Crippen MR) is 74.9 cm³/mol. The van der Waals surface area contributed by atoms with E-state index < -0.39 is 0 Å². The number of benzene rings is 1. The minimum absolute atomic E-state index is 0.677. The number of nitrogens with zero attached hydrogens (tertiary/aromatic N) is 2. The minimum Gasteiger partial charge on any atom is -0.398 e. The lowest BCUT2D eigenvalue weighted by molar-refractivity contribution is 0.215. The summed E-state index contributed by atoms with van der Waals surface area (Å²) in [6, 6.07) is 10.1. The van der Waals surface area contributed by atoms with Crippen LogP contribution in [0.1, 0.15) is 11.1 Å². The van der Waals surface area contributed by atoms with Crippen molar-refractivity contribution in [1.82, 2.24) is 0 Å². The quantitative estimate of drug-likeness (QED) is 0.601. The first-order valence-corrected chi connectivity index (χ1v) is 6.25. The number of rotatable bonds is 2. The molecule has 18 heavy (non-hydrogen) atoms. The van der Waals surface area contributed by atoms with Crippen LogP contribution in [0.3, 0.4) is 0 Å². The number of aryl methyl sites for hydroxylation is 1. The van der Waals surface area contributed by atoms with Gasteiger partial charge in [-0.25, -0.2) is 0 Å². The zero-order valence-corrected chi connectivity index (χ0v) is 11.0. The highest BCUT2D eigenvalue weighted by molar-refractivity contribution is 8.18. The predicted octanol–water partition coefficient (Wildman–Crippen LogP) is 3.49. The van der Waals surface area contributed by atoms with E-state index >= 15 is 0 Å². The number of hydrogen-bond donors (Lipinski definition) is 0. The molecular formula is C14H12N2OS. The third kappa shape index (κ3) is 2.47. The van der Waals surface area contributed by atoms with E-state index in [1.807, 2.05) is 43.3 Å². The molecule has 0 fully saturated rings. The Morgan fingerprint density at radius 1 is 1.33 bits per heavy atom. The van der Waals surface area contributed by atoms with Crippen LogP contribution in [0.5, 0.6) is 0 Å². The molecule has 90 valence electrons. The Labute approximate surface area is 110 Å². The summed E-state index contributed by atoms with van der Waals surface area (Å²) in [5, 5.41) is 14.0. The molecule has 1 heterocycles. The van der Waals surface area contributed by atoms with Gasteiger partial charge in [-0.05, 0) is 30.2 Å². The van der Waals surface area contributed by atoms with Gasteiger partial charge in [-0.2, -0.15) is 5.26 Å². The maximum absolute atomic E-state index is 9.35. The van der Waals surface area contributed by atoms with Crippen LogP contribution in [-0.4, -0.2) is 12.2 Å². The van der Waals surface area contributed by atoms with Crippen LogP contribution in [0, 0.1) is 18.3 Å². The van der Waals surface area contributed by atoms with Crippen LogP contribution < -0.4 is 0 Å². The van der Waals surface area contributed by atoms with Crippen LogP contribution in [0.15, 0.2) is 46.5 Å². The van der Waals surface area contributed by atoms with Crippen molar-refractivity contribution in [3.8, 4) is 6.07 Å². The Hall–Kier alpha value is -1.99. The Morgan fingerprint density at radius 2 is 2.11 bits per heavy atom. The van der Waals surface area contributed by atoms with Crippen LogP contribution in [0.25, 0.3) is 5.57 Å². The molecule has 1 aliphatic heterocycles. The van der Waals surface area contributed by atoms with E-state index in [0.717, 1.165) is 21.1 Å². The van der Waals surface area contributed by atoms with E-state index in [0.29, 0.717) is 5.57 Å². The first kappa shape index (κ1) is 12.5. The molecule has 0 aliphatic carbocycles. The molecule has 0 unspecified atom stereocenters. The van der Waals surface area contributed by atoms with Crippen LogP contribution in [-0.2, 0) is 4.84 Å². The smallest absolute Gasteiger partial charge is 0.140 e. The van der Waals surface area contributed by atoms with Gasteiger partial charge in [0.15, 0.2) is 0 Å². The highest BCUT2D eigenvalue weighted by Gasteiger charge is 2.16. The average molecular weight is 256 g/mol. The summed E-state index contributed by atoms with van der Waals surface area (Å²) < 4.78 is 0. The SMILES string of the molecule is CON=C1C=C/C(=C(\C#N)c2ccccc2C)S1. The molecule has 0 bridgehead atoms. The second kappa shape index (κ2) is 5.56. The third-order valence-corrected chi connectivity index (χ3v) is 3.53. The average Bonchev–Trinajstić information content (AvgIpc) is 2.82. The van der Waals surface area contributed by atoms with Crippen molar-refractivity contribution in [3.63, 3.8) is 0 Å². The van der Waals surface area contributed by atoms with Gasteiger partial charge in [-0.15, -0.1) is 0 Å². The standard InChI is InChI=1S/C14H12N2OS/c1-10-5-3-4-6-11(10)12(9-15)13-7-8-14(18-13)16-17-2/h3-8H,1-2H3/b13-12-,16-14?. The summed E-state index contributed by atoms with van der Waals surface area (Å²) >= 11 is 1.44. The molecule has 4 heteroatoms. The molecule has 3 nitrogen and oxygen atoms in total. The number of oxime groups is 1. The molecule has 0 saturated carbocycles. The number of hydrogen-bond acceptors (Lipinski definition) is 4. The van der Waals surface area contributed by atoms with Gasteiger partial charge in [-0.3, -0.25) is 0 Å². The van der Waals surface area contributed by atoms with Crippen molar-refractivity contribution in [2.24, 2.45) is 5.16 Å². The molecule has 0 spiro atoms. The Kier molecular flexibility index (Phi) is 3.85. The van der Waals surface area contributed by atoms with E-state index in [1.54, 1.807) is 0 Å². The van der Waals surface area contributed by atoms with Crippen LogP contribution in [0.4, 0.5) is 0 Å². The maximum atomic E-state index is 9.35.